The van der Waals surface area contributed by atoms with Crippen LogP contribution in [0.1, 0.15) is 10.4 Å². The molecule has 1 heterocycles. The highest BCUT2D eigenvalue weighted by atomic mass is 32.1. The molecule has 0 atom stereocenters. The Morgan fingerprint density at radius 3 is 3.11 bits per heavy atom. The molecule has 5 nitrogen and oxygen atoms in total. The fourth-order valence-electron chi connectivity index (χ4n) is 1.22. The van der Waals surface area contributed by atoms with Gasteiger partial charge in [0, 0.05) is 22.9 Å². The predicted octanol–water partition coefficient (Wildman–Crippen LogP) is 0.371. The lowest BCUT2D eigenvalue weighted by molar-refractivity contribution is -0.126. The van der Waals surface area contributed by atoms with Crippen molar-refractivity contribution in [2.24, 2.45) is 0 Å². The Morgan fingerprint density at radius 2 is 2.37 bits per heavy atom. The Labute approximate surface area is 116 Å². The number of carbonyl (C=O) groups excluding carboxylic acids is 1. The molecule has 1 rings (SSSR count). The standard InChI is InChI=1S/C13H17NO4S/c1-17-5-6-18-9-13(16)14-8-12-7-11(10-19-12)3-2-4-15/h7,10,15H,4-6,8-9H2,1H3,(H,14,16). The summed E-state index contributed by atoms with van der Waals surface area (Å²) in [4.78, 5) is 12.4. The van der Waals surface area contributed by atoms with Crippen molar-refractivity contribution in [3.8, 4) is 11.8 Å². The summed E-state index contributed by atoms with van der Waals surface area (Å²) in [7, 11) is 1.58. The molecule has 1 aromatic heterocycles. The van der Waals surface area contributed by atoms with Gasteiger partial charge < -0.3 is 19.9 Å². The number of ether oxygens (including phenoxy) is 2. The maximum atomic E-state index is 11.4. The Balaban J connectivity index is 2.24. The predicted molar refractivity (Wildman–Crippen MR) is 72.8 cm³/mol. The Kier molecular flexibility index (Phi) is 7.86. The van der Waals surface area contributed by atoms with Crippen LogP contribution in [0.25, 0.3) is 0 Å². The molecule has 0 aliphatic rings. The van der Waals surface area contributed by atoms with Gasteiger partial charge in [0.05, 0.1) is 19.8 Å². The lowest BCUT2D eigenvalue weighted by Gasteiger charge is -2.04. The van der Waals surface area contributed by atoms with E-state index >= 15 is 0 Å². The van der Waals surface area contributed by atoms with Gasteiger partial charge in [0.2, 0.25) is 5.91 Å². The van der Waals surface area contributed by atoms with Crippen LogP contribution < -0.4 is 5.32 Å². The number of aliphatic hydroxyl groups is 1. The van der Waals surface area contributed by atoms with E-state index in [2.05, 4.69) is 17.2 Å². The summed E-state index contributed by atoms with van der Waals surface area (Å²) in [5.74, 6) is 5.23. The van der Waals surface area contributed by atoms with Crippen LogP contribution in [0, 0.1) is 11.8 Å². The van der Waals surface area contributed by atoms with Crippen LogP contribution in [-0.4, -0.2) is 44.6 Å². The molecule has 0 fully saturated rings. The summed E-state index contributed by atoms with van der Waals surface area (Å²) in [5.41, 5.74) is 0.847. The summed E-state index contributed by atoms with van der Waals surface area (Å²) in [6.07, 6.45) is 0. The smallest absolute Gasteiger partial charge is 0.246 e. The summed E-state index contributed by atoms with van der Waals surface area (Å²) >= 11 is 1.51. The normalized spacial score (nSPS) is 9.79. The molecule has 6 heteroatoms. The Bertz CT molecular complexity index is 447. The Morgan fingerprint density at radius 1 is 1.53 bits per heavy atom. The van der Waals surface area contributed by atoms with Crippen LogP contribution in [-0.2, 0) is 20.8 Å². The minimum atomic E-state index is -0.160. The van der Waals surface area contributed by atoms with Gasteiger partial charge >= 0.3 is 0 Å². The van der Waals surface area contributed by atoms with Gasteiger partial charge in [-0.05, 0) is 6.07 Å². The zero-order chi connectivity index (χ0) is 13.9. The van der Waals surface area contributed by atoms with Gasteiger partial charge in [0.25, 0.3) is 0 Å². The summed E-state index contributed by atoms with van der Waals surface area (Å²) in [6.45, 7) is 1.22. The van der Waals surface area contributed by atoms with Gasteiger partial charge in [-0.25, -0.2) is 0 Å². The number of methoxy groups -OCH3 is 1. The molecule has 0 radical (unpaired) electrons. The molecular weight excluding hydrogens is 266 g/mol. The van der Waals surface area contributed by atoms with E-state index in [9.17, 15) is 4.79 Å². The van der Waals surface area contributed by atoms with Crippen LogP contribution in [0.5, 0.6) is 0 Å². The highest BCUT2D eigenvalue weighted by Gasteiger charge is 2.03. The van der Waals surface area contributed by atoms with Crippen LogP contribution >= 0.6 is 11.3 Å². The Hall–Kier alpha value is -1.39. The second kappa shape index (κ2) is 9.53. The van der Waals surface area contributed by atoms with Crippen molar-refractivity contribution in [3.63, 3.8) is 0 Å². The van der Waals surface area contributed by atoms with Crippen LogP contribution in [0.2, 0.25) is 0 Å². The van der Waals surface area contributed by atoms with Gasteiger partial charge in [-0.3, -0.25) is 4.79 Å². The molecule has 1 aromatic rings. The number of amides is 1. The fraction of sp³-hybridized carbons (Fsp3) is 0.462. The van der Waals surface area contributed by atoms with E-state index in [1.165, 1.54) is 11.3 Å². The van der Waals surface area contributed by atoms with E-state index in [0.717, 1.165) is 10.4 Å². The lowest BCUT2D eigenvalue weighted by atomic mass is 10.3. The first kappa shape index (κ1) is 15.7. The average Bonchev–Trinajstić information content (AvgIpc) is 2.87. The summed E-state index contributed by atoms with van der Waals surface area (Å²) < 4.78 is 9.90. The minimum absolute atomic E-state index is 0.0336. The molecule has 0 unspecified atom stereocenters. The summed E-state index contributed by atoms with van der Waals surface area (Å²) in [5, 5.41) is 13.2. The van der Waals surface area contributed by atoms with E-state index in [0.29, 0.717) is 19.8 Å². The summed E-state index contributed by atoms with van der Waals surface area (Å²) in [6, 6.07) is 1.89. The van der Waals surface area contributed by atoms with Crippen LogP contribution in [0.15, 0.2) is 11.4 Å². The largest absolute Gasteiger partial charge is 0.384 e. The van der Waals surface area contributed by atoms with Crippen molar-refractivity contribution < 1.29 is 19.4 Å². The van der Waals surface area contributed by atoms with E-state index in [4.69, 9.17) is 14.6 Å². The first-order chi connectivity index (χ1) is 9.26. The molecule has 0 aromatic carbocycles. The number of carbonyl (C=O) groups is 1. The SMILES string of the molecule is COCCOCC(=O)NCc1cc(C#CCO)cs1. The molecule has 104 valence electrons. The number of thiophene rings is 1. The van der Waals surface area contributed by atoms with E-state index in [-0.39, 0.29) is 19.1 Å². The van der Waals surface area contributed by atoms with Crippen molar-refractivity contribution in [3.05, 3.63) is 21.9 Å². The van der Waals surface area contributed by atoms with Gasteiger partial charge in [0.15, 0.2) is 0 Å². The molecule has 0 aliphatic heterocycles. The van der Waals surface area contributed by atoms with Crippen LogP contribution in [0.4, 0.5) is 0 Å². The van der Waals surface area contributed by atoms with Crippen molar-refractivity contribution in [2.75, 3.05) is 33.5 Å². The number of hydrogen-bond acceptors (Lipinski definition) is 5. The highest BCUT2D eigenvalue weighted by molar-refractivity contribution is 7.10. The second-order valence-electron chi connectivity index (χ2n) is 3.58. The fourth-order valence-corrected chi connectivity index (χ4v) is 1.98. The molecule has 0 spiro atoms. The van der Waals surface area contributed by atoms with Gasteiger partial charge in [-0.2, -0.15) is 0 Å². The van der Waals surface area contributed by atoms with E-state index in [1.807, 2.05) is 11.4 Å². The monoisotopic (exact) mass is 283 g/mol. The third-order valence-corrected chi connectivity index (χ3v) is 3.03. The minimum Gasteiger partial charge on any atom is -0.384 e. The molecule has 0 bridgehead atoms. The maximum Gasteiger partial charge on any atom is 0.246 e. The molecule has 1 amide bonds. The topological polar surface area (TPSA) is 67.8 Å². The van der Waals surface area contributed by atoms with Crippen molar-refractivity contribution in [2.45, 2.75) is 6.54 Å². The zero-order valence-corrected chi connectivity index (χ0v) is 11.6. The molecule has 2 N–H and O–H groups in total. The number of hydrogen-bond donors (Lipinski definition) is 2. The first-order valence-corrected chi connectivity index (χ1v) is 6.64. The number of rotatable bonds is 7. The maximum absolute atomic E-state index is 11.4. The first-order valence-electron chi connectivity index (χ1n) is 5.76. The van der Waals surface area contributed by atoms with E-state index in [1.54, 1.807) is 7.11 Å². The van der Waals surface area contributed by atoms with Crippen molar-refractivity contribution in [1.29, 1.82) is 0 Å². The molecule has 0 saturated heterocycles. The van der Waals surface area contributed by atoms with Gasteiger partial charge in [-0.1, -0.05) is 11.8 Å². The average molecular weight is 283 g/mol. The van der Waals surface area contributed by atoms with Crippen molar-refractivity contribution in [1.82, 2.24) is 5.32 Å². The third kappa shape index (κ3) is 6.94. The second-order valence-corrected chi connectivity index (χ2v) is 4.58. The van der Waals surface area contributed by atoms with E-state index < -0.39 is 0 Å². The number of aliphatic hydroxyl groups excluding tert-OH is 1. The van der Waals surface area contributed by atoms with Crippen molar-refractivity contribution >= 4 is 17.2 Å². The zero-order valence-electron chi connectivity index (χ0n) is 10.8. The van der Waals surface area contributed by atoms with Gasteiger partial charge in [-0.15, -0.1) is 11.3 Å². The van der Waals surface area contributed by atoms with Crippen LogP contribution in [0.3, 0.4) is 0 Å². The lowest BCUT2D eigenvalue weighted by Crippen LogP contribution is -2.27. The van der Waals surface area contributed by atoms with Gasteiger partial charge in [0.1, 0.15) is 13.2 Å². The quantitative estimate of drug-likeness (QED) is 0.560. The molecule has 19 heavy (non-hydrogen) atoms. The molecule has 0 saturated carbocycles. The third-order valence-electron chi connectivity index (χ3n) is 2.09. The highest BCUT2D eigenvalue weighted by Crippen LogP contribution is 2.13. The molecule has 0 aliphatic carbocycles. The number of nitrogens with one attached hydrogen (secondary N) is 1. The molecular formula is C13H17NO4S.